The number of esters is 2. The topological polar surface area (TPSA) is 72.8 Å². The largest absolute Gasteiger partial charge is 0.462 e. The predicted molar refractivity (Wildman–Crippen MR) is 380 cm³/mol. The summed E-state index contributed by atoms with van der Waals surface area (Å²) in [4.78, 5) is 24.7. The van der Waals surface area contributed by atoms with Gasteiger partial charge in [-0.05, 0) is 83.5 Å². The van der Waals surface area contributed by atoms with E-state index >= 15 is 0 Å². The molecule has 1 unspecified atom stereocenters. The highest BCUT2D eigenvalue weighted by atomic mass is 16.6. The van der Waals surface area contributed by atoms with Crippen LogP contribution in [0.1, 0.15) is 412 Å². The summed E-state index contributed by atoms with van der Waals surface area (Å²) in [6.07, 6.45) is 107. The fourth-order valence-electron chi connectivity index (χ4n) is 11.8. The molecule has 0 aromatic carbocycles. The zero-order valence-electron chi connectivity index (χ0n) is 57.8. The summed E-state index contributed by atoms with van der Waals surface area (Å²) in [6, 6.07) is 0. The third-order valence-electron chi connectivity index (χ3n) is 17.5. The van der Waals surface area contributed by atoms with Gasteiger partial charge in [0.1, 0.15) is 6.61 Å². The average molecular weight is 1200 g/mol. The van der Waals surface area contributed by atoms with Gasteiger partial charge in [-0.25, -0.2) is 0 Å². The molecule has 0 bridgehead atoms. The van der Waals surface area contributed by atoms with Crippen LogP contribution in [0.25, 0.3) is 0 Å². The minimum atomic E-state index is -0.772. The molecular formula is C81H148O5. The third-order valence-corrected chi connectivity index (χ3v) is 17.5. The van der Waals surface area contributed by atoms with Gasteiger partial charge >= 0.3 is 11.9 Å². The number of allylic oxidation sites excluding steroid dienone is 12. The van der Waals surface area contributed by atoms with Crippen LogP contribution in [-0.4, -0.2) is 36.4 Å². The maximum absolute atomic E-state index is 12.4. The van der Waals surface area contributed by atoms with Gasteiger partial charge in [0.15, 0.2) is 6.10 Å². The summed E-state index contributed by atoms with van der Waals surface area (Å²) in [6.45, 7) is 4.07. The van der Waals surface area contributed by atoms with Gasteiger partial charge in [0.25, 0.3) is 0 Å². The summed E-state index contributed by atoms with van der Waals surface area (Å²) in [7, 11) is 0. The molecule has 0 saturated carbocycles. The first-order valence-corrected chi connectivity index (χ1v) is 38.5. The van der Waals surface area contributed by atoms with Crippen molar-refractivity contribution in [3.05, 3.63) is 72.9 Å². The molecule has 1 N–H and O–H groups in total. The summed E-state index contributed by atoms with van der Waals surface area (Å²) in [5.41, 5.74) is 0. The molecule has 0 radical (unpaired) electrons. The molecule has 1 atom stereocenters. The van der Waals surface area contributed by atoms with E-state index in [2.05, 4.69) is 86.8 Å². The zero-order chi connectivity index (χ0) is 61.9. The molecule has 0 saturated heterocycles. The van der Waals surface area contributed by atoms with Crippen molar-refractivity contribution >= 4 is 11.9 Å². The zero-order valence-corrected chi connectivity index (χ0v) is 57.8. The molecular weight excluding hydrogens is 1050 g/mol. The van der Waals surface area contributed by atoms with E-state index < -0.39 is 6.10 Å². The lowest BCUT2D eigenvalue weighted by Crippen LogP contribution is -2.28. The minimum Gasteiger partial charge on any atom is -0.462 e. The van der Waals surface area contributed by atoms with Crippen molar-refractivity contribution in [3.8, 4) is 0 Å². The number of carbonyl (C=O) groups is 2. The first-order chi connectivity index (χ1) is 42.6. The smallest absolute Gasteiger partial charge is 0.306 e. The van der Waals surface area contributed by atoms with E-state index in [9.17, 15) is 14.7 Å². The molecule has 0 rings (SSSR count). The first kappa shape index (κ1) is 83.3. The Morgan fingerprint density at radius 3 is 0.756 bits per heavy atom. The number of unbranched alkanes of at least 4 members (excludes halogenated alkanes) is 52. The fraction of sp³-hybridized carbons (Fsp3) is 0.827. The van der Waals surface area contributed by atoms with Crippen LogP contribution in [0.3, 0.4) is 0 Å². The Morgan fingerprint density at radius 2 is 0.500 bits per heavy atom. The Kier molecular flexibility index (Phi) is 74.2. The Hall–Kier alpha value is -2.66. The summed E-state index contributed by atoms with van der Waals surface area (Å²) >= 11 is 0. The lowest BCUT2D eigenvalue weighted by Gasteiger charge is -2.15. The van der Waals surface area contributed by atoms with Crippen LogP contribution in [0.15, 0.2) is 72.9 Å². The van der Waals surface area contributed by atoms with Crippen molar-refractivity contribution in [2.24, 2.45) is 0 Å². The second kappa shape index (κ2) is 76.6. The Bertz CT molecular complexity index is 1500. The monoisotopic (exact) mass is 1200 g/mol. The normalized spacial score (nSPS) is 12.5. The van der Waals surface area contributed by atoms with Gasteiger partial charge in [-0.3, -0.25) is 9.59 Å². The Balaban J connectivity index is 3.37. The highest BCUT2D eigenvalue weighted by molar-refractivity contribution is 5.70. The number of rotatable bonds is 72. The Morgan fingerprint density at radius 1 is 0.279 bits per heavy atom. The number of aliphatic hydroxyl groups is 1. The van der Waals surface area contributed by atoms with Crippen LogP contribution >= 0.6 is 0 Å². The SMILES string of the molecule is CC/C=C\C/C=C\C/C=C\C/C=C\CCCCCCCCCCCCCCCCCCCCCCC(=O)OC(CO)COC(=O)CCCCCCCCCCCCCCCCCCCCCCCCCCCCC/C=C\C/C=C\CCCCCCC. The quantitative estimate of drug-likeness (QED) is 0.0373. The number of hydrogen-bond donors (Lipinski definition) is 1. The van der Waals surface area contributed by atoms with Crippen LogP contribution < -0.4 is 0 Å². The lowest BCUT2D eigenvalue weighted by atomic mass is 10.0. The van der Waals surface area contributed by atoms with Crippen molar-refractivity contribution in [1.82, 2.24) is 0 Å². The highest BCUT2D eigenvalue weighted by Gasteiger charge is 2.16. The van der Waals surface area contributed by atoms with Gasteiger partial charge in [0.05, 0.1) is 6.61 Å². The molecule has 0 aliphatic carbocycles. The molecule has 0 aliphatic rings. The second-order valence-corrected chi connectivity index (χ2v) is 26.1. The van der Waals surface area contributed by atoms with Crippen molar-refractivity contribution in [2.45, 2.75) is 418 Å². The van der Waals surface area contributed by atoms with Gasteiger partial charge in [-0.2, -0.15) is 0 Å². The summed E-state index contributed by atoms with van der Waals surface area (Å²) in [5.74, 6) is -0.567. The Labute approximate surface area is 537 Å². The molecule has 86 heavy (non-hydrogen) atoms. The summed E-state index contributed by atoms with van der Waals surface area (Å²) < 4.78 is 10.8. The highest BCUT2D eigenvalue weighted by Crippen LogP contribution is 2.19. The van der Waals surface area contributed by atoms with Crippen LogP contribution in [0, 0.1) is 0 Å². The van der Waals surface area contributed by atoms with Gasteiger partial charge in [0, 0.05) is 12.8 Å². The maximum atomic E-state index is 12.4. The average Bonchev–Trinajstić information content (AvgIpc) is 3.55. The fourth-order valence-corrected chi connectivity index (χ4v) is 11.8. The molecule has 502 valence electrons. The standard InChI is InChI=1S/C81H148O5/c1-3-5-7-9-11-13-15-17-19-21-23-25-27-29-31-33-35-37-38-39-40-41-42-44-45-47-49-51-53-55-57-59-61-63-65-67-69-71-73-75-80(83)85-78-79(77-82)86-81(84)76-74-72-70-68-66-64-62-60-58-56-54-52-50-48-46-43-36-34-32-30-28-26-24-22-20-18-16-14-12-10-8-6-4-2/h6,8,12,14-15,17-18,20-21,23-24,26,79,82H,3-5,7,9-11,13,16,19,22,25,27-78H2,1-2H3/b8-6-,14-12-,17-15-,20-18-,23-21-,26-24-. The van der Waals surface area contributed by atoms with Gasteiger partial charge < -0.3 is 14.6 Å². The van der Waals surface area contributed by atoms with Crippen molar-refractivity contribution in [2.75, 3.05) is 13.2 Å². The van der Waals surface area contributed by atoms with Crippen molar-refractivity contribution < 1.29 is 24.2 Å². The van der Waals surface area contributed by atoms with Crippen molar-refractivity contribution in [1.29, 1.82) is 0 Å². The maximum Gasteiger partial charge on any atom is 0.306 e. The third kappa shape index (κ3) is 73.8. The van der Waals surface area contributed by atoms with Crippen LogP contribution in [0.5, 0.6) is 0 Å². The van der Waals surface area contributed by atoms with E-state index in [0.29, 0.717) is 12.8 Å². The lowest BCUT2D eigenvalue weighted by molar-refractivity contribution is -0.161. The molecule has 0 amide bonds. The van der Waals surface area contributed by atoms with E-state index in [1.54, 1.807) is 0 Å². The van der Waals surface area contributed by atoms with E-state index in [1.807, 2.05) is 0 Å². The van der Waals surface area contributed by atoms with Crippen molar-refractivity contribution in [3.63, 3.8) is 0 Å². The van der Waals surface area contributed by atoms with Gasteiger partial charge in [-0.15, -0.1) is 0 Å². The molecule has 0 fully saturated rings. The molecule has 0 aromatic heterocycles. The van der Waals surface area contributed by atoms with Crippen LogP contribution in [-0.2, 0) is 19.1 Å². The predicted octanol–water partition coefficient (Wildman–Crippen LogP) is 27.0. The van der Waals surface area contributed by atoms with E-state index in [1.165, 1.54) is 315 Å². The van der Waals surface area contributed by atoms with Crippen LogP contribution in [0.2, 0.25) is 0 Å². The van der Waals surface area contributed by atoms with Gasteiger partial charge in [0.2, 0.25) is 0 Å². The minimum absolute atomic E-state index is 0.0608. The van der Waals surface area contributed by atoms with Gasteiger partial charge in [-0.1, -0.05) is 389 Å². The summed E-state index contributed by atoms with van der Waals surface area (Å²) in [5, 5.41) is 9.72. The van der Waals surface area contributed by atoms with E-state index in [-0.39, 0.29) is 25.2 Å². The first-order valence-electron chi connectivity index (χ1n) is 38.5. The second-order valence-electron chi connectivity index (χ2n) is 26.1. The number of ether oxygens (including phenoxy) is 2. The number of carbonyl (C=O) groups excluding carboxylic acids is 2. The molecule has 5 heteroatoms. The molecule has 0 aromatic rings. The number of aliphatic hydroxyl groups excluding tert-OH is 1. The molecule has 5 nitrogen and oxygen atoms in total. The van der Waals surface area contributed by atoms with E-state index in [0.717, 1.165) is 70.6 Å². The van der Waals surface area contributed by atoms with Crippen LogP contribution in [0.4, 0.5) is 0 Å². The molecule has 0 aliphatic heterocycles. The number of hydrogen-bond acceptors (Lipinski definition) is 5. The molecule has 0 spiro atoms. The van der Waals surface area contributed by atoms with E-state index in [4.69, 9.17) is 9.47 Å². The molecule has 0 heterocycles.